The molecule has 1 rings (SSSR count). The predicted molar refractivity (Wildman–Crippen MR) is 50.3 cm³/mol. The van der Waals surface area contributed by atoms with Crippen LogP contribution in [0.2, 0.25) is 0 Å². The zero-order valence-electron chi connectivity index (χ0n) is 8.38. The van der Waals surface area contributed by atoms with Gasteiger partial charge < -0.3 is 4.90 Å². The number of ketones is 1. The predicted octanol–water partition coefficient (Wildman–Crippen LogP) is 1.22. The van der Waals surface area contributed by atoms with Gasteiger partial charge >= 0.3 is 0 Å². The highest BCUT2D eigenvalue weighted by atomic mass is 16.2. The highest BCUT2D eigenvalue weighted by Crippen LogP contribution is 2.17. The Hall–Kier alpha value is -0.860. The van der Waals surface area contributed by atoms with Gasteiger partial charge in [-0.15, -0.1) is 0 Å². The molecule has 1 unspecified atom stereocenters. The van der Waals surface area contributed by atoms with E-state index in [1.807, 2.05) is 11.8 Å². The first-order valence-electron chi connectivity index (χ1n) is 4.89. The SMILES string of the molecule is CC(=O)CCN1CCCC(C)C1=O. The first-order chi connectivity index (χ1) is 6.11. The minimum Gasteiger partial charge on any atom is -0.342 e. The number of Topliss-reactive ketones (excluding diaryl/α,β-unsaturated/α-hetero) is 1. The van der Waals surface area contributed by atoms with E-state index in [2.05, 4.69) is 0 Å². The van der Waals surface area contributed by atoms with E-state index < -0.39 is 0 Å². The van der Waals surface area contributed by atoms with E-state index in [-0.39, 0.29) is 17.6 Å². The van der Waals surface area contributed by atoms with Gasteiger partial charge in [-0.25, -0.2) is 0 Å². The molecule has 0 bridgehead atoms. The highest BCUT2D eigenvalue weighted by Gasteiger charge is 2.24. The molecule has 1 aliphatic heterocycles. The number of carbonyl (C=O) groups excluding carboxylic acids is 2. The van der Waals surface area contributed by atoms with Crippen molar-refractivity contribution in [2.24, 2.45) is 5.92 Å². The number of amides is 1. The molecule has 0 aromatic heterocycles. The summed E-state index contributed by atoms with van der Waals surface area (Å²) in [7, 11) is 0. The van der Waals surface area contributed by atoms with Crippen LogP contribution < -0.4 is 0 Å². The lowest BCUT2D eigenvalue weighted by Gasteiger charge is -2.30. The molecule has 3 nitrogen and oxygen atoms in total. The standard InChI is InChI=1S/C10H17NO2/c1-8-4-3-6-11(10(8)13)7-5-9(2)12/h8H,3-7H2,1-2H3. The third-order valence-corrected chi connectivity index (χ3v) is 2.53. The second-order valence-electron chi connectivity index (χ2n) is 3.82. The third-order valence-electron chi connectivity index (χ3n) is 2.53. The summed E-state index contributed by atoms with van der Waals surface area (Å²) in [5.74, 6) is 0.527. The molecule has 0 N–H and O–H groups in total. The lowest BCUT2D eigenvalue weighted by molar-refractivity contribution is -0.138. The van der Waals surface area contributed by atoms with Gasteiger partial charge in [0.1, 0.15) is 5.78 Å². The molecule has 0 aliphatic carbocycles. The summed E-state index contributed by atoms with van der Waals surface area (Å²) in [4.78, 5) is 24.1. The minimum atomic E-state index is 0.153. The van der Waals surface area contributed by atoms with Gasteiger partial charge in [0, 0.05) is 25.4 Å². The lowest BCUT2D eigenvalue weighted by Crippen LogP contribution is -2.41. The van der Waals surface area contributed by atoms with Gasteiger partial charge in [0.05, 0.1) is 0 Å². The second kappa shape index (κ2) is 4.40. The molecule has 1 amide bonds. The number of nitrogens with zero attached hydrogens (tertiary/aromatic N) is 1. The van der Waals surface area contributed by atoms with Crippen LogP contribution >= 0.6 is 0 Å². The zero-order valence-corrected chi connectivity index (χ0v) is 8.38. The van der Waals surface area contributed by atoms with Gasteiger partial charge in [0.2, 0.25) is 5.91 Å². The van der Waals surface area contributed by atoms with Gasteiger partial charge in [-0.05, 0) is 19.8 Å². The number of carbonyl (C=O) groups is 2. The van der Waals surface area contributed by atoms with Crippen LogP contribution in [0.25, 0.3) is 0 Å². The van der Waals surface area contributed by atoms with Gasteiger partial charge in [-0.3, -0.25) is 9.59 Å². The monoisotopic (exact) mass is 183 g/mol. The Kier molecular flexibility index (Phi) is 3.46. The Labute approximate surface area is 79.1 Å². The summed E-state index contributed by atoms with van der Waals surface area (Å²) < 4.78 is 0. The summed E-state index contributed by atoms with van der Waals surface area (Å²) >= 11 is 0. The lowest BCUT2D eigenvalue weighted by atomic mass is 9.99. The van der Waals surface area contributed by atoms with Crippen molar-refractivity contribution in [2.75, 3.05) is 13.1 Å². The van der Waals surface area contributed by atoms with E-state index >= 15 is 0 Å². The smallest absolute Gasteiger partial charge is 0.225 e. The number of hydrogen-bond acceptors (Lipinski definition) is 2. The van der Waals surface area contributed by atoms with Crippen molar-refractivity contribution in [3.8, 4) is 0 Å². The van der Waals surface area contributed by atoms with E-state index in [1.54, 1.807) is 6.92 Å². The zero-order chi connectivity index (χ0) is 9.84. The topological polar surface area (TPSA) is 37.4 Å². The van der Waals surface area contributed by atoms with Crippen LogP contribution in [-0.2, 0) is 9.59 Å². The van der Waals surface area contributed by atoms with Gasteiger partial charge in [-0.1, -0.05) is 6.92 Å². The Bertz CT molecular complexity index is 213. The van der Waals surface area contributed by atoms with E-state index in [1.165, 1.54) is 0 Å². The first-order valence-corrected chi connectivity index (χ1v) is 4.89. The first kappa shape index (κ1) is 10.2. The fourth-order valence-electron chi connectivity index (χ4n) is 1.65. The van der Waals surface area contributed by atoms with Crippen LogP contribution in [0.3, 0.4) is 0 Å². The molecular weight excluding hydrogens is 166 g/mol. The summed E-state index contributed by atoms with van der Waals surface area (Å²) in [5.41, 5.74) is 0. The van der Waals surface area contributed by atoms with Crippen LogP contribution in [0, 0.1) is 5.92 Å². The van der Waals surface area contributed by atoms with Gasteiger partial charge in [0.25, 0.3) is 0 Å². The van der Waals surface area contributed by atoms with E-state index in [0.29, 0.717) is 13.0 Å². The maximum atomic E-state index is 11.6. The second-order valence-corrected chi connectivity index (χ2v) is 3.82. The minimum absolute atomic E-state index is 0.153. The van der Waals surface area contributed by atoms with Crippen molar-refractivity contribution in [3.63, 3.8) is 0 Å². The average molecular weight is 183 g/mol. The highest BCUT2D eigenvalue weighted by molar-refractivity contribution is 5.80. The van der Waals surface area contributed by atoms with Crippen LogP contribution in [0.5, 0.6) is 0 Å². The van der Waals surface area contributed by atoms with Crippen molar-refractivity contribution in [3.05, 3.63) is 0 Å². The summed E-state index contributed by atoms with van der Waals surface area (Å²) in [5, 5.41) is 0. The van der Waals surface area contributed by atoms with Gasteiger partial charge in [0.15, 0.2) is 0 Å². The summed E-state index contributed by atoms with van der Waals surface area (Å²) in [6.45, 7) is 4.97. The molecule has 0 spiro atoms. The van der Waals surface area contributed by atoms with Crippen molar-refractivity contribution in [1.82, 2.24) is 4.90 Å². The molecule has 0 saturated carbocycles. The Balaban J connectivity index is 2.40. The van der Waals surface area contributed by atoms with Crippen molar-refractivity contribution < 1.29 is 9.59 Å². The number of hydrogen-bond donors (Lipinski definition) is 0. The van der Waals surface area contributed by atoms with E-state index in [9.17, 15) is 9.59 Å². The molecule has 0 aromatic carbocycles. The largest absolute Gasteiger partial charge is 0.342 e. The fourth-order valence-corrected chi connectivity index (χ4v) is 1.65. The van der Waals surface area contributed by atoms with Crippen LogP contribution in [0.4, 0.5) is 0 Å². The molecule has 1 atom stereocenters. The van der Waals surface area contributed by atoms with Crippen LogP contribution in [0.15, 0.2) is 0 Å². The molecule has 1 saturated heterocycles. The maximum absolute atomic E-state index is 11.6. The Morgan fingerprint density at radius 2 is 2.31 bits per heavy atom. The molecule has 1 fully saturated rings. The molecule has 0 aromatic rings. The molecule has 1 aliphatic rings. The Morgan fingerprint density at radius 3 is 2.92 bits per heavy atom. The van der Waals surface area contributed by atoms with Crippen molar-refractivity contribution in [1.29, 1.82) is 0 Å². The number of rotatable bonds is 3. The summed E-state index contributed by atoms with van der Waals surface area (Å²) in [6, 6.07) is 0. The van der Waals surface area contributed by atoms with Crippen LogP contribution in [0.1, 0.15) is 33.1 Å². The molecule has 3 heteroatoms. The van der Waals surface area contributed by atoms with Crippen molar-refractivity contribution >= 4 is 11.7 Å². The molecule has 0 radical (unpaired) electrons. The average Bonchev–Trinajstić information content (AvgIpc) is 2.07. The van der Waals surface area contributed by atoms with Gasteiger partial charge in [-0.2, -0.15) is 0 Å². The number of likely N-dealkylation sites (tertiary alicyclic amines) is 1. The van der Waals surface area contributed by atoms with Crippen molar-refractivity contribution in [2.45, 2.75) is 33.1 Å². The molecule has 13 heavy (non-hydrogen) atoms. The normalized spacial score (nSPS) is 23.4. The fraction of sp³-hybridized carbons (Fsp3) is 0.800. The van der Waals surface area contributed by atoms with Crippen LogP contribution in [-0.4, -0.2) is 29.7 Å². The molecular formula is C10H17NO2. The molecule has 1 heterocycles. The maximum Gasteiger partial charge on any atom is 0.225 e. The molecule has 74 valence electrons. The quantitative estimate of drug-likeness (QED) is 0.659. The third kappa shape index (κ3) is 2.83. The number of piperidine rings is 1. The van der Waals surface area contributed by atoms with E-state index in [4.69, 9.17) is 0 Å². The summed E-state index contributed by atoms with van der Waals surface area (Å²) in [6.07, 6.45) is 2.57. The van der Waals surface area contributed by atoms with E-state index in [0.717, 1.165) is 19.4 Å². The Morgan fingerprint density at radius 1 is 1.62 bits per heavy atom.